The Kier molecular flexibility index (Phi) is 26.5. The van der Waals surface area contributed by atoms with Crippen molar-refractivity contribution in [2.75, 3.05) is 6.61 Å². The summed E-state index contributed by atoms with van der Waals surface area (Å²) in [6.07, 6.45) is 4.10. The van der Waals surface area contributed by atoms with Gasteiger partial charge in [-0.05, 0) is 65.5 Å². The summed E-state index contributed by atoms with van der Waals surface area (Å²) >= 11 is 0. The van der Waals surface area contributed by atoms with Crippen molar-refractivity contribution in [1.29, 1.82) is 0 Å². The van der Waals surface area contributed by atoms with Crippen LogP contribution < -0.4 is 53.6 Å². The second kappa shape index (κ2) is 34.8. The fourth-order valence-corrected chi connectivity index (χ4v) is 11.0. The molecule has 0 bridgehead atoms. The van der Waals surface area contributed by atoms with Crippen LogP contribution in [0.3, 0.4) is 0 Å². The number of nitrogens with two attached hydrogens (primary N) is 1. The van der Waals surface area contributed by atoms with Crippen LogP contribution in [0.2, 0.25) is 0 Å². The second-order valence-corrected chi connectivity index (χ2v) is 25.1. The van der Waals surface area contributed by atoms with Gasteiger partial charge in [0.15, 0.2) is 0 Å². The van der Waals surface area contributed by atoms with Gasteiger partial charge in [0.1, 0.15) is 60.4 Å². The summed E-state index contributed by atoms with van der Waals surface area (Å²) in [5.74, 6) is -10.4. The Morgan fingerprint density at radius 3 is 1.23 bits per heavy atom. The number of para-hydroxylation sites is 2. The van der Waals surface area contributed by atoms with Crippen molar-refractivity contribution in [1.82, 2.24) is 67.8 Å². The number of nitrogens with one attached hydrogen (secondary N) is 12. The van der Waals surface area contributed by atoms with Gasteiger partial charge in [-0.1, -0.05) is 139 Å². The van der Waals surface area contributed by atoms with E-state index in [0.29, 0.717) is 38.9 Å². The Balaban J connectivity index is 1.17. The van der Waals surface area contributed by atoms with Crippen molar-refractivity contribution in [3.8, 4) is 0 Å². The Labute approximate surface area is 555 Å². The van der Waals surface area contributed by atoms with E-state index in [1.54, 1.807) is 125 Å². The molecule has 0 spiro atoms. The van der Waals surface area contributed by atoms with Gasteiger partial charge in [-0.3, -0.25) is 43.2 Å². The first-order valence-electron chi connectivity index (χ1n) is 32.0. The normalized spacial score (nSPS) is 14.9. The number of hydrogen-bond acceptors (Lipinski definition) is 14. The summed E-state index contributed by atoms with van der Waals surface area (Å²) in [6.45, 7) is 10.5. The number of aliphatic hydroxyl groups is 2. The first kappa shape index (κ1) is 73.2. The molecular weight excluding hydrogens is 1230 g/mol. The summed E-state index contributed by atoms with van der Waals surface area (Å²) in [7, 11) is 0. The number of hydrogen-bond donors (Lipinski definition) is 16. The number of imidazole rings is 1. The Hall–Kier alpha value is -10.3. The zero-order chi connectivity index (χ0) is 69.8. The maximum atomic E-state index is 15.1. The van der Waals surface area contributed by atoms with Gasteiger partial charge in [0.2, 0.25) is 53.2 Å². The molecule has 4 aromatic carbocycles. The lowest BCUT2D eigenvalue weighted by molar-refractivity contribution is -0.143. The minimum absolute atomic E-state index is 0.0172. The largest absolute Gasteiger partial charge is 0.480 e. The smallest absolute Gasteiger partial charge is 0.326 e. The molecule has 0 unspecified atom stereocenters. The van der Waals surface area contributed by atoms with Crippen LogP contribution in [0.15, 0.2) is 134 Å². The standard InChI is InChI=1S/C69H88N14O13/c1-37(2)26-50(60(86)78-53(29-43-32-72-48-24-16-14-22-46(43)48)62(88)77-52(28-42-20-12-9-13-21-42)65(91)83-59(39(5)6)69(95)96)75-61(87)51(27-41-18-10-8-11-19-41)76-63(89)54(30-44-33-73-49-25-17-15-23-47(44)49)79-66(92)56(35-84)81-64(90)55(31-45-34-71-36-74-45)80-68(94)58(38(3)4)82-67(93)57(70)40(7)85/h8-25,32-34,36-40,50-59,72-73,84-85H,26-31,35,70H2,1-7H3,(H,71,74)(H,75,87)(H,76,89)(H,77,88)(H,78,86)(H,79,92)(H,80,94)(H,81,90)(H,82,93)(H,83,91)(H,95,96)/t40-,50+,51+,52+,53+,54+,55+,56+,57+,58+,59+/m1/s1. The molecular formula is C69H88N14O13. The fraction of sp³-hybridized carbons (Fsp3) is 0.406. The zero-order valence-electron chi connectivity index (χ0n) is 54.7. The number of carbonyl (C=O) groups is 10. The van der Waals surface area contributed by atoms with Gasteiger partial charge in [0.25, 0.3) is 0 Å². The molecule has 7 rings (SSSR count). The van der Waals surface area contributed by atoms with Gasteiger partial charge in [-0.2, -0.15) is 0 Å². The summed E-state index contributed by atoms with van der Waals surface area (Å²) in [6, 6.07) is 17.7. The number of fused-ring (bicyclic) bond motifs is 2. The van der Waals surface area contributed by atoms with Crippen LogP contribution in [0, 0.1) is 17.8 Å². The number of H-pyrrole nitrogens is 3. The van der Waals surface area contributed by atoms with E-state index in [9.17, 15) is 48.9 Å². The van der Waals surface area contributed by atoms with Crippen molar-refractivity contribution < 1.29 is 63.3 Å². The van der Waals surface area contributed by atoms with Gasteiger partial charge in [-0.25, -0.2) is 9.78 Å². The number of aromatic amines is 3. The van der Waals surface area contributed by atoms with Crippen LogP contribution in [0.5, 0.6) is 0 Å². The van der Waals surface area contributed by atoms with Crippen molar-refractivity contribution in [2.45, 2.75) is 154 Å². The van der Waals surface area contributed by atoms with E-state index in [0.717, 1.165) is 10.9 Å². The van der Waals surface area contributed by atoms with E-state index in [2.05, 4.69) is 67.8 Å². The molecule has 7 aromatic rings. The maximum Gasteiger partial charge on any atom is 0.326 e. The molecule has 11 atom stereocenters. The van der Waals surface area contributed by atoms with Gasteiger partial charge in [-0.15, -0.1) is 0 Å². The molecule has 0 aliphatic carbocycles. The predicted molar refractivity (Wildman–Crippen MR) is 357 cm³/mol. The highest BCUT2D eigenvalue weighted by molar-refractivity contribution is 5.99. The number of carboxylic acids is 1. The number of nitrogens with zero attached hydrogens (tertiary/aromatic N) is 1. The Morgan fingerprint density at radius 1 is 0.438 bits per heavy atom. The van der Waals surface area contributed by atoms with Crippen molar-refractivity contribution in [3.63, 3.8) is 0 Å². The number of benzene rings is 4. The van der Waals surface area contributed by atoms with Crippen LogP contribution in [0.4, 0.5) is 0 Å². The van der Waals surface area contributed by atoms with Crippen LogP contribution in [-0.4, -0.2) is 168 Å². The molecule has 0 aliphatic rings. The third kappa shape index (κ3) is 20.6. The topological polar surface area (TPSA) is 426 Å². The predicted octanol–water partition coefficient (Wildman–Crippen LogP) is 1.39. The highest BCUT2D eigenvalue weighted by Gasteiger charge is 2.38. The zero-order valence-corrected chi connectivity index (χ0v) is 54.7. The number of carboxylic acid groups (broad SMARTS) is 1. The molecule has 9 amide bonds. The number of aromatic nitrogens is 4. The first-order chi connectivity index (χ1) is 45.8. The van der Waals surface area contributed by atoms with E-state index in [1.165, 1.54) is 19.4 Å². The average molecular weight is 1320 g/mol. The van der Waals surface area contributed by atoms with Crippen LogP contribution in [0.1, 0.15) is 82.8 Å². The fourth-order valence-electron chi connectivity index (χ4n) is 11.0. The number of rotatable bonds is 35. The van der Waals surface area contributed by atoms with Gasteiger partial charge < -0.3 is 83.9 Å². The maximum absolute atomic E-state index is 15.1. The number of aliphatic carboxylic acids is 1. The van der Waals surface area contributed by atoms with E-state index in [1.807, 2.05) is 38.1 Å². The summed E-state index contributed by atoms with van der Waals surface area (Å²) in [5.41, 5.74) is 10.1. The number of aliphatic hydroxyl groups excluding tert-OH is 2. The third-order valence-electron chi connectivity index (χ3n) is 16.4. The lowest BCUT2D eigenvalue weighted by Crippen LogP contribution is -2.62. The minimum atomic E-state index is -1.76. The molecule has 3 aromatic heterocycles. The van der Waals surface area contributed by atoms with Crippen LogP contribution in [-0.2, 0) is 80.0 Å². The summed E-state index contributed by atoms with van der Waals surface area (Å²) < 4.78 is 0. The van der Waals surface area contributed by atoms with E-state index < -0.39 is 144 Å². The van der Waals surface area contributed by atoms with Gasteiger partial charge in [0, 0.05) is 78.2 Å². The van der Waals surface area contributed by atoms with Crippen molar-refractivity contribution in [2.24, 2.45) is 23.5 Å². The first-order valence-corrected chi connectivity index (χ1v) is 32.0. The van der Waals surface area contributed by atoms with Crippen LogP contribution in [0.25, 0.3) is 21.8 Å². The Morgan fingerprint density at radius 2 is 0.812 bits per heavy atom. The molecule has 0 radical (unpaired) electrons. The molecule has 27 nitrogen and oxygen atoms in total. The summed E-state index contributed by atoms with van der Waals surface area (Å²) in [4.78, 5) is 156. The molecule has 0 saturated carbocycles. The minimum Gasteiger partial charge on any atom is -0.480 e. The average Bonchev–Trinajstić information content (AvgIpc) is 1.56. The van der Waals surface area contributed by atoms with Crippen LogP contribution >= 0.6 is 0 Å². The van der Waals surface area contributed by atoms with E-state index >= 15 is 14.4 Å². The lowest BCUT2D eigenvalue weighted by Gasteiger charge is -2.29. The second-order valence-electron chi connectivity index (χ2n) is 25.1. The quantitative estimate of drug-likeness (QED) is 0.0267. The van der Waals surface area contributed by atoms with Crippen molar-refractivity contribution >= 4 is 80.9 Å². The monoisotopic (exact) mass is 1320 g/mol. The highest BCUT2D eigenvalue weighted by atomic mass is 16.4. The summed E-state index contributed by atoms with van der Waals surface area (Å²) in [5, 5.41) is 56.4. The lowest BCUT2D eigenvalue weighted by atomic mass is 9.98. The molecule has 0 saturated heterocycles. The molecule has 96 heavy (non-hydrogen) atoms. The number of amides is 9. The van der Waals surface area contributed by atoms with Crippen molar-refractivity contribution in [3.05, 3.63) is 162 Å². The van der Waals surface area contributed by atoms with E-state index in [4.69, 9.17) is 5.73 Å². The Bertz CT molecular complexity index is 3780. The van der Waals surface area contributed by atoms with E-state index in [-0.39, 0.29) is 44.4 Å². The SMILES string of the molecule is CC(C)C[C@H](NC(=O)[C@H](Cc1ccccc1)NC(=O)[C@H](Cc1c[nH]c2ccccc12)NC(=O)[C@H](CO)NC(=O)[C@H](Cc1cnc[nH]1)NC(=O)[C@@H](NC(=O)[C@@H](N)[C@@H](C)O)C(C)C)C(=O)N[C@@H](Cc1c[nH]c2ccccc12)C(=O)N[C@@H](Cc1ccccc1)C(=O)N[C@H](C(=O)O)C(C)C. The van der Waals surface area contributed by atoms with Gasteiger partial charge in [0.05, 0.1) is 19.0 Å². The van der Waals surface area contributed by atoms with Gasteiger partial charge >= 0.3 is 5.97 Å². The third-order valence-corrected chi connectivity index (χ3v) is 16.4. The molecule has 3 heterocycles. The number of carbonyl (C=O) groups excluding carboxylic acids is 9. The molecule has 0 fully saturated rings. The molecule has 17 N–H and O–H groups in total. The highest BCUT2D eigenvalue weighted by Crippen LogP contribution is 2.22. The molecule has 0 aliphatic heterocycles. The molecule has 512 valence electrons. The molecule has 27 heteroatoms.